The summed E-state index contributed by atoms with van der Waals surface area (Å²) in [5.41, 5.74) is 0.810. The van der Waals surface area contributed by atoms with Gasteiger partial charge in [-0.3, -0.25) is 4.79 Å². The predicted molar refractivity (Wildman–Crippen MR) is 73.4 cm³/mol. The van der Waals surface area contributed by atoms with E-state index in [1.807, 2.05) is 20.0 Å². The van der Waals surface area contributed by atoms with Gasteiger partial charge in [0.05, 0.1) is 16.6 Å². The number of aldehydes is 1. The largest absolute Gasteiger partial charge is 0.344 e. The number of anilines is 1. The lowest BCUT2D eigenvalue weighted by molar-refractivity contribution is 0.112. The second-order valence-electron chi connectivity index (χ2n) is 3.87. The summed E-state index contributed by atoms with van der Waals surface area (Å²) in [4.78, 5) is 19.4. The maximum atomic E-state index is 10.8. The molecule has 17 heavy (non-hydrogen) atoms. The molecule has 0 radical (unpaired) electrons. The molecule has 2 rings (SSSR count). The molecule has 0 amide bonds. The third kappa shape index (κ3) is 2.40. The van der Waals surface area contributed by atoms with Crippen LogP contribution in [0.5, 0.6) is 0 Å². The SMILES string of the molecule is Cc1nc(N(C)C(C)c2cccs2)sc1C=O. The van der Waals surface area contributed by atoms with Gasteiger partial charge < -0.3 is 4.90 Å². The van der Waals surface area contributed by atoms with Crippen LogP contribution in [0.1, 0.15) is 33.2 Å². The third-order valence-corrected chi connectivity index (χ3v) is 4.98. The van der Waals surface area contributed by atoms with Crippen LogP contribution in [0.25, 0.3) is 0 Å². The zero-order valence-corrected chi connectivity index (χ0v) is 11.6. The number of carbonyl (C=O) groups is 1. The van der Waals surface area contributed by atoms with E-state index in [2.05, 4.69) is 28.3 Å². The van der Waals surface area contributed by atoms with E-state index in [0.717, 1.165) is 17.1 Å². The van der Waals surface area contributed by atoms with E-state index in [9.17, 15) is 4.79 Å². The van der Waals surface area contributed by atoms with Crippen molar-refractivity contribution in [3.63, 3.8) is 0 Å². The van der Waals surface area contributed by atoms with Gasteiger partial charge in [-0.05, 0) is 25.3 Å². The van der Waals surface area contributed by atoms with E-state index in [4.69, 9.17) is 0 Å². The van der Waals surface area contributed by atoms with Gasteiger partial charge in [0.15, 0.2) is 11.4 Å². The van der Waals surface area contributed by atoms with Gasteiger partial charge in [-0.25, -0.2) is 4.98 Å². The fourth-order valence-electron chi connectivity index (χ4n) is 1.54. The number of hydrogen-bond donors (Lipinski definition) is 0. The summed E-state index contributed by atoms with van der Waals surface area (Å²) in [7, 11) is 2.01. The Morgan fingerprint density at radius 3 is 2.82 bits per heavy atom. The van der Waals surface area contributed by atoms with Gasteiger partial charge in [-0.15, -0.1) is 11.3 Å². The Kier molecular flexibility index (Phi) is 3.59. The second-order valence-corrected chi connectivity index (χ2v) is 5.85. The first-order chi connectivity index (χ1) is 8.13. The quantitative estimate of drug-likeness (QED) is 0.794. The van der Waals surface area contributed by atoms with Crippen LogP contribution in [0.2, 0.25) is 0 Å². The number of hydrogen-bond acceptors (Lipinski definition) is 5. The van der Waals surface area contributed by atoms with Crippen LogP contribution in [0.3, 0.4) is 0 Å². The van der Waals surface area contributed by atoms with Crippen molar-refractivity contribution in [1.82, 2.24) is 4.98 Å². The maximum absolute atomic E-state index is 10.8. The van der Waals surface area contributed by atoms with E-state index >= 15 is 0 Å². The number of rotatable bonds is 4. The number of aryl methyl sites for hydroxylation is 1. The number of aromatic nitrogens is 1. The van der Waals surface area contributed by atoms with Crippen molar-refractivity contribution in [2.45, 2.75) is 19.9 Å². The van der Waals surface area contributed by atoms with Crippen molar-refractivity contribution >= 4 is 34.1 Å². The highest BCUT2D eigenvalue weighted by Gasteiger charge is 2.17. The van der Waals surface area contributed by atoms with Crippen molar-refractivity contribution < 1.29 is 4.79 Å². The highest BCUT2D eigenvalue weighted by Crippen LogP contribution is 2.31. The minimum absolute atomic E-state index is 0.278. The fraction of sp³-hybridized carbons (Fsp3) is 0.333. The lowest BCUT2D eigenvalue weighted by Gasteiger charge is -2.23. The van der Waals surface area contributed by atoms with Gasteiger partial charge in [0, 0.05) is 11.9 Å². The van der Waals surface area contributed by atoms with E-state index < -0.39 is 0 Å². The summed E-state index contributed by atoms with van der Waals surface area (Å²) in [6.07, 6.45) is 0.875. The molecule has 5 heteroatoms. The molecular weight excluding hydrogens is 252 g/mol. The zero-order chi connectivity index (χ0) is 12.4. The number of carbonyl (C=O) groups excluding carboxylic acids is 1. The molecule has 2 aromatic rings. The molecule has 3 nitrogen and oxygen atoms in total. The summed E-state index contributed by atoms with van der Waals surface area (Å²) in [6.45, 7) is 4.01. The molecule has 2 heterocycles. The Bertz CT molecular complexity index is 505. The first-order valence-corrected chi connectivity index (χ1v) is 7.02. The number of thiazole rings is 1. The van der Waals surface area contributed by atoms with Crippen LogP contribution < -0.4 is 4.90 Å². The molecule has 0 saturated carbocycles. The minimum atomic E-state index is 0.278. The van der Waals surface area contributed by atoms with E-state index in [-0.39, 0.29) is 6.04 Å². The van der Waals surface area contributed by atoms with Crippen molar-refractivity contribution in [2.75, 3.05) is 11.9 Å². The lowest BCUT2D eigenvalue weighted by Crippen LogP contribution is -2.20. The first-order valence-electron chi connectivity index (χ1n) is 5.32. The van der Waals surface area contributed by atoms with Gasteiger partial charge in [-0.1, -0.05) is 17.4 Å². The van der Waals surface area contributed by atoms with Gasteiger partial charge in [0.2, 0.25) is 0 Å². The maximum Gasteiger partial charge on any atom is 0.186 e. The molecule has 90 valence electrons. The minimum Gasteiger partial charge on any atom is -0.344 e. The van der Waals surface area contributed by atoms with Crippen molar-refractivity contribution in [1.29, 1.82) is 0 Å². The standard InChI is InChI=1S/C12H14N2OS2/c1-8-11(7-15)17-12(13-8)14(3)9(2)10-5-4-6-16-10/h4-7,9H,1-3H3. The molecule has 1 atom stereocenters. The average molecular weight is 266 g/mol. The Labute approximate surface area is 109 Å². The third-order valence-electron chi connectivity index (χ3n) is 2.77. The van der Waals surface area contributed by atoms with Gasteiger partial charge in [0.1, 0.15) is 0 Å². The molecule has 0 saturated heterocycles. The summed E-state index contributed by atoms with van der Waals surface area (Å²) in [6, 6.07) is 4.45. The van der Waals surface area contributed by atoms with Crippen LogP contribution in [0, 0.1) is 6.92 Å². The number of thiophene rings is 1. The molecular formula is C12H14N2OS2. The summed E-state index contributed by atoms with van der Waals surface area (Å²) < 4.78 is 0. The molecule has 0 spiro atoms. The Morgan fingerprint density at radius 1 is 1.53 bits per heavy atom. The Morgan fingerprint density at radius 2 is 2.29 bits per heavy atom. The molecule has 0 N–H and O–H groups in total. The van der Waals surface area contributed by atoms with Crippen LogP contribution in [-0.2, 0) is 0 Å². The van der Waals surface area contributed by atoms with Gasteiger partial charge >= 0.3 is 0 Å². The highest BCUT2D eigenvalue weighted by molar-refractivity contribution is 7.17. The summed E-state index contributed by atoms with van der Waals surface area (Å²) in [5, 5.41) is 2.97. The summed E-state index contributed by atoms with van der Waals surface area (Å²) in [5.74, 6) is 0. The predicted octanol–water partition coefficient (Wildman–Crippen LogP) is 3.52. The fourth-order valence-corrected chi connectivity index (χ4v) is 3.29. The molecule has 2 aromatic heterocycles. The van der Waals surface area contributed by atoms with Crippen LogP contribution >= 0.6 is 22.7 Å². The second kappa shape index (κ2) is 4.98. The molecule has 0 aliphatic heterocycles. The Balaban J connectivity index is 2.24. The van der Waals surface area contributed by atoms with Crippen LogP contribution in [0.15, 0.2) is 17.5 Å². The smallest absolute Gasteiger partial charge is 0.186 e. The van der Waals surface area contributed by atoms with Crippen LogP contribution in [-0.4, -0.2) is 18.3 Å². The van der Waals surface area contributed by atoms with Crippen LogP contribution in [0.4, 0.5) is 5.13 Å². The molecule has 0 aromatic carbocycles. The van der Waals surface area contributed by atoms with Gasteiger partial charge in [-0.2, -0.15) is 0 Å². The Hall–Kier alpha value is -1.20. The molecule has 1 unspecified atom stereocenters. The average Bonchev–Trinajstić information content (AvgIpc) is 2.95. The normalized spacial score (nSPS) is 12.4. The topological polar surface area (TPSA) is 33.2 Å². The van der Waals surface area contributed by atoms with Crippen molar-refractivity contribution in [2.24, 2.45) is 0 Å². The van der Waals surface area contributed by atoms with Crippen molar-refractivity contribution in [3.8, 4) is 0 Å². The van der Waals surface area contributed by atoms with E-state index in [1.165, 1.54) is 16.2 Å². The van der Waals surface area contributed by atoms with Crippen molar-refractivity contribution in [3.05, 3.63) is 33.0 Å². The van der Waals surface area contributed by atoms with E-state index in [1.54, 1.807) is 11.3 Å². The first kappa shape index (κ1) is 12.3. The zero-order valence-electron chi connectivity index (χ0n) is 10.0. The lowest BCUT2D eigenvalue weighted by atomic mass is 10.2. The molecule has 0 aliphatic rings. The highest BCUT2D eigenvalue weighted by atomic mass is 32.1. The number of nitrogens with zero attached hydrogens (tertiary/aromatic N) is 2. The van der Waals surface area contributed by atoms with E-state index in [0.29, 0.717) is 4.88 Å². The van der Waals surface area contributed by atoms with Gasteiger partial charge in [0.25, 0.3) is 0 Å². The monoisotopic (exact) mass is 266 g/mol. The molecule has 0 aliphatic carbocycles. The molecule has 0 bridgehead atoms. The molecule has 0 fully saturated rings. The summed E-state index contributed by atoms with van der Waals surface area (Å²) >= 11 is 3.18.